The largest absolute Gasteiger partial charge is 0.472 e. The number of nitrogens with zero attached hydrogens (tertiary/aromatic N) is 1. The van der Waals surface area contributed by atoms with Crippen LogP contribution in [0.15, 0.2) is 24.3 Å². The van der Waals surface area contributed by atoms with Crippen molar-refractivity contribution in [3.8, 4) is 0 Å². The van der Waals surface area contributed by atoms with E-state index < -0.39 is 26.5 Å². The fourth-order valence-corrected chi connectivity index (χ4v) is 9.69. The molecule has 0 saturated heterocycles. The SMILES string of the molecule is CCCCC/C=C\CCCCCCCC(=O)OCC(COP(=O)(O)OCC[N+](C)(C)C)OC(=O)CCCCCCCCCCCCCCCCCCCCCCCCC/C=C\CCCCCCCCCC. The van der Waals surface area contributed by atoms with E-state index in [1.165, 1.54) is 218 Å². The molecule has 9 nitrogen and oxygen atoms in total. The monoisotopic (exact) mass is 1020 g/mol. The number of phosphoric ester groups is 1. The van der Waals surface area contributed by atoms with Crippen LogP contribution in [0.25, 0.3) is 0 Å². The standard InChI is InChI=1S/C61H118NO8P/c1-6-8-10-12-14-16-18-20-21-22-23-24-25-26-27-28-29-30-31-32-33-34-35-36-37-38-39-40-41-42-44-46-48-50-52-54-61(64)70-59(58-69-71(65,66)68-56-55-62(3,4)5)57-67-60(63)53-51-49-47-45-43-19-17-15-13-11-9-7-2/h15,17,22-23,59H,6-14,16,18-21,24-58H2,1-5H3/p+1/b17-15-,23-22-. The van der Waals surface area contributed by atoms with Crippen molar-refractivity contribution in [3.63, 3.8) is 0 Å². The molecule has 0 amide bonds. The Bertz CT molecular complexity index is 1250. The van der Waals surface area contributed by atoms with Crippen molar-refractivity contribution < 1.29 is 42.1 Å². The van der Waals surface area contributed by atoms with Crippen LogP contribution in [-0.4, -0.2) is 74.9 Å². The lowest BCUT2D eigenvalue weighted by Gasteiger charge is -2.24. The Morgan fingerprint density at radius 1 is 0.423 bits per heavy atom. The zero-order valence-electron chi connectivity index (χ0n) is 47.7. The maximum Gasteiger partial charge on any atom is 0.472 e. The van der Waals surface area contributed by atoms with Gasteiger partial charge in [-0.25, -0.2) is 4.57 Å². The number of unbranched alkanes of at least 4 members (excludes halogenated alkanes) is 39. The molecule has 0 saturated carbocycles. The van der Waals surface area contributed by atoms with E-state index in [0.29, 0.717) is 17.4 Å². The van der Waals surface area contributed by atoms with Gasteiger partial charge in [0.15, 0.2) is 6.10 Å². The van der Waals surface area contributed by atoms with Crippen LogP contribution in [0.1, 0.15) is 303 Å². The van der Waals surface area contributed by atoms with Crippen LogP contribution in [0.5, 0.6) is 0 Å². The van der Waals surface area contributed by atoms with Crippen LogP contribution < -0.4 is 0 Å². The molecule has 0 spiro atoms. The summed E-state index contributed by atoms with van der Waals surface area (Å²) in [6.45, 7) is 4.43. The molecule has 2 unspecified atom stereocenters. The number of phosphoric acid groups is 1. The van der Waals surface area contributed by atoms with Gasteiger partial charge >= 0.3 is 19.8 Å². The predicted molar refractivity (Wildman–Crippen MR) is 303 cm³/mol. The minimum atomic E-state index is -4.38. The van der Waals surface area contributed by atoms with Crippen LogP contribution in [0.3, 0.4) is 0 Å². The topological polar surface area (TPSA) is 108 Å². The molecule has 0 aliphatic rings. The van der Waals surface area contributed by atoms with E-state index in [0.717, 1.165) is 51.4 Å². The minimum absolute atomic E-state index is 0.0331. The summed E-state index contributed by atoms with van der Waals surface area (Å²) < 4.78 is 34.5. The molecule has 2 atom stereocenters. The summed E-state index contributed by atoms with van der Waals surface area (Å²) >= 11 is 0. The molecule has 0 aromatic carbocycles. The van der Waals surface area contributed by atoms with E-state index in [-0.39, 0.29) is 32.0 Å². The Morgan fingerprint density at radius 3 is 1.07 bits per heavy atom. The van der Waals surface area contributed by atoms with Gasteiger partial charge in [0.1, 0.15) is 19.8 Å². The maximum atomic E-state index is 12.8. The predicted octanol–water partition coefficient (Wildman–Crippen LogP) is 19.0. The van der Waals surface area contributed by atoms with Crippen LogP contribution in [-0.2, 0) is 32.7 Å². The molecule has 0 aliphatic heterocycles. The van der Waals surface area contributed by atoms with E-state index in [4.69, 9.17) is 18.5 Å². The van der Waals surface area contributed by atoms with Crippen LogP contribution in [0.4, 0.5) is 0 Å². The molecule has 10 heteroatoms. The number of hydrogen-bond donors (Lipinski definition) is 1. The van der Waals surface area contributed by atoms with Gasteiger partial charge in [0.05, 0.1) is 27.7 Å². The first-order valence-corrected chi connectivity index (χ1v) is 32.1. The molecule has 0 rings (SSSR count). The van der Waals surface area contributed by atoms with Gasteiger partial charge in [-0.15, -0.1) is 0 Å². The summed E-state index contributed by atoms with van der Waals surface area (Å²) in [5.41, 5.74) is 0. The van der Waals surface area contributed by atoms with Gasteiger partial charge < -0.3 is 18.9 Å². The van der Waals surface area contributed by atoms with Gasteiger partial charge in [-0.3, -0.25) is 18.6 Å². The Kier molecular flexibility index (Phi) is 52.2. The molecule has 71 heavy (non-hydrogen) atoms. The van der Waals surface area contributed by atoms with E-state index in [9.17, 15) is 19.0 Å². The van der Waals surface area contributed by atoms with Crippen molar-refractivity contribution in [2.45, 2.75) is 309 Å². The maximum absolute atomic E-state index is 12.8. The highest BCUT2D eigenvalue weighted by atomic mass is 31.2. The highest BCUT2D eigenvalue weighted by Crippen LogP contribution is 2.43. The number of esters is 2. The Morgan fingerprint density at radius 2 is 0.718 bits per heavy atom. The molecule has 0 bridgehead atoms. The molecular weight excluding hydrogens is 906 g/mol. The fourth-order valence-electron chi connectivity index (χ4n) is 8.95. The second kappa shape index (κ2) is 53.3. The fraction of sp³-hybridized carbons (Fsp3) is 0.902. The third kappa shape index (κ3) is 57.6. The first kappa shape index (κ1) is 69.5. The number of rotatable bonds is 57. The van der Waals surface area contributed by atoms with Gasteiger partial charge in [-0.05, 0) is 64.2 Å². The summed E-state index contributed by atoms with van der Waals surface area (Å²) in [5.74, 6) is -0.795. The van der Waals surface area contributed by atoms with Crippen molar-refractivity contribution in [2.75, 3.05) is 47.5 Å². The van der Waals surface area contributed by atoms with E-state index in [1.807, 2.05) is 21.1 Å². The average Bonchev–Trinajstić information content (AvgIpc) is 3.33. The second-order valence-electron chi connectivity index (χ2n) is 22.1. The Hall–Kier alpha value is -1.51. The van der Waals surface area contributed by atoms with Crippen molar-refractivity contribution in [2.24, 2.45) is 0 Å². The number of ether oxygens (including phenoxy) is 2. The Balaban J connectivity index is 3.91. The number of likely N-dealkylation sites (N-methyl/N-ethyl adjacent to an activating group) is 1. The van der Waals surface area contributed by atoms with Crippen LogP contribution >= 0.6 is 7.82 Å². The van der Waals surface area contributed by atoms with Crippen molar-refractivity contribution >= 4 is 19.8 Å². The van der Waals surface area contributed by atoms with Crippen molar-refractivity contribution in [3.05, 3.63) is 24.3 Å². The molecule has 0 radical (unpaired) electrons. The smallest absolute Gasteiger partial charge is 0.462 e. The summed E-state index contributed by atoms with van der Waals surface area (Å²) in [6.07, 6.45) is 64.3. The van der Waals surface area contributed by atoms with Gasteiger partial charge in [0, 0.05) is 12.8 Å². The zero-order valence-corrected chi connectivity index (χ0v) is 48.6. The molecule has 420 valence electrons. The summed E-state index contributed by atoms with van der Waals surface area (Å²) in [5, 5.41) is 0. The van der Waals surface area contributed by atoms with Gasteiger partial charge in [-0.2, -0.15) is 0 Å². The molecule has 1 N–H and O–H groups in total. The first-order valence-electron chi connectivity index (χ1n) is 30.6. The quantitative estimate of drug-likeness (QED) is 0.0211. The lowest BCUT2D eigenvalue weighted by molar-refractivity contribution is -0.870. The minimum Gasteiger partial charge on any atom is -0.462 e. The van der Waals surface area contributed by atoms with E-state index >= 15 is 0 Å². The van der Waals surface area contributed by atoms with Crippen molar-refractivity contribution in [1.82, 2.24) is 0 Å². The molecule has 0 heterocycles. The number of carbonyl (C=O) groups excluding carboxylic acids is 2. The van der Waals surface area contributed by atoms with Crippen LogP contribution in [0, 0.1) is 0 Å². The summed E-state index contributed by atoms with van der Waals surface area (Å²) in [4.78, 5) is 35.6. The van der Waals surface area contributed by atoms with Gasteiger partial charge in [0.2, 0.25) is 0 Å². The van der Waals surface area contributed by atoms with Crippen molar-refractivity contribution in [1.29, 1.82) is 0 Å². The average molecular weight is 1030 g/mol. The Labute approximate surface area is 440 Å². The summed E-state index contributed by atoms with van der Waals surface area (Å²) in [7, 11) is 1.49. The number of allylic oxidation sites excluding steroid dienone is 4. The molecule has 0 fully saturated rings. The lowest BCUT2D eigenvalue weighted by Crippen LogP contribution is -2.37. The van der Waals surface area contributed by atoms with Gasteiger partial charge in [-0.1, -0.05) is 250 Å². The first-order chi connectivity index (χ1) is 34.5. The number of carbonyl (C=O) groups is 2. The third-order valence-corrected chi connectivity index (χ3v) is 14.7. The third-order valence-electron chi connectivity index (χ3n) is 13.7. The van der Waals surface area contributed by atoms with E-state index in [2.05, 4.69) is 38.2 Å². The number of quaternary nitrogens is 1. The normalized spacial score (nSPS) is 13.4. The molecule has 0 aromatic rings. The number of hydrogen-bond acceptors (Lipinski definition) is 7. The zero-order chi connectivity index (χ0) is 52.0. The van der Waals surface area contributed by atoms with Gasteiger partial charge in [0.25, 0.3) is 0 Å². The summed E-state index contributed by atoms with van der Waals surface area (Å²) in [6, 6.07) is 0. The molecular formula is C61H119NO8P+. The lowest BCUT2D eigenvalue weighted by atomic mass is 10.0. The molecule has 0 aromatic heterocycles. The highest BCUT2D eigenvalue weighted by molar-refractivity contribution is 7.47. The van der Waals surface area contributed by atoms with Crippen LogP contribution in [0.2, 0.25) is 0 Å². The molecule has 0 aliphatic carbocycles. The second-order valence-corrected chi connectivity index (χ2v) is 23.5. The highest BCUT2D eigenvalue weighted by Gasteiger charge is 2.27. The van der Waals surface area contributed by atoms with E-state index in [1.54, 1.807) is 0 Å².